The Morgan fingerprint density at radius 3 is 2.71 bits per heavy atom. The van der Waals surface area contributed by atoms with Crippen molar-refractivity contribution >= 4 is 11.3 Å². The standard InChI is InChI=1S/C14H25NOS/c1-4-13(15)14(12-7-9-17-10-12)16-8-5-6-11(2)3/h7,9-11,13-14H,4-6,8,15H2,1-3H3. The summed E-state index contributed by atoms with van der Waals surface area (Å²) >= 11 is 1.70. The lowest BCUT2D eigenvalue weighted by molar-refractivity contribution is 0.0304. The lowest BCUT2D eigenvalue weighted by Gasteiger charge is -2.23. The van der Waals surface area contributed by atoms with Gasteiger partial charge in [0.05, 0.1) is 6.10 Å². The summed E-state index contributed by atoms with van der Waals surface area (Å²) in [7, 11) is 0. The average Bonchev–Trinajstić information content (AvgIpc) is 2.81. The molecule has 0 aliphatic carbocycles. The van der Waals surface area contributed by atoms with E-state index in [1.807, 2.05) is 0 Å². The normalized spacial score (nSPS) is 15.1. The van der Waals surface area contributed by atoms with Crippen molar-refractivity contribution in [1.29, 1.82) is 0 Å². The van der Waals surface area contributed by atoms with Crippen LogP contribution in [0.5, 0.6) is 0 Å². The van der Waals surface area contributed by atoms with Crippen LogP contribution >= 0.6 is 11.3 Å². The number of hydrogen-bond acceptors (Lipinski definition) is 3. The Balaban J connectivity index is 2.42. The van der Waals surface area contributed by atoms with Gasteiger partial charge in [-0.25, -0.2) is 0 Å². The van der Waals surface area contributed by atoms with E-state index in [4.69, 9.17) is 10.5 Å². The van der Waals surface area contributed by atoms with Gasteiger partial charge in [0.1, 0.15) is 0 Å². The summed E-state index contributed by atoms with van der Waals surface area (Å²) in [5.41, 5.74) is 7.36. The summed E-state index contributed by atoms with van der Waals surface area (Å²) < 4.78 is 5.97. The molecule has 0 saturated heterocycles. The molecule has 0 saturated carbocycles. The summed E-state index contributed by atoms with van der Waals surface area (Å²) in [6.45, 7) is 7.41. The number of ether oxygens (including phenoxy) is 1. The molecule has 1 rings (SSSR count). The van der Waals surface area contributed by atoms with Gasteiger partial charge in [0.15, 0.2) is 0 Å². The first kappa shape index (κ1) is 14.7. The van der Waals surface area contributed by atoms with Gasteiger partial charge in [-0.2, -0.15) is 11.3 Å². The molecule has 0 bridgehead atoms. The third-order valence-corrected chi connectivity index (χ3v) is 3.66. The van der Waals surface area contributed by atoms with Gasteiger partial charge in [0.2, 0.25) is 0 Å². The Labute approximate surface area is 109 Å². The van der Waals surface area contributed by atoms with Crippen LogP contribution in [-0.4, -0.2) is 12.6 Å². The van der Waals surface area contributed by atoms with Crippen LogP contribution in [0, 0.1) is 5.92 Å². The van der Waals surface area contributed by atoms with Crippen LogP contribution in [0.4, 0.5) is 0 Å². The maximum atomic E-state index is 6.13. The first-order chi connectivity index (χ1) is 8.15. The van der Waals surface area contributed by atoms with E-state index in [0.29, 0.717) is 0 Å². The predicted octanol–water partition coefficient (Wildman–Crippen LogP) is 3.98. The number of nitrogens with two attached hydrogens (primary N) is 1. The molecule has 0 aliphatic heterocycles. The van der Waals surface area contributed by atoms with Gasteiger partial charge < -0.3 is 10.5 Å². The Morgan fingerprint density at radius 1 is 1.41 bits per heavy atom. The van der Waals surface area contributed by atoms with Crippen LogP contribution in [0.1, 0.15) is 51.7 Å². The first-order valence-electron chi connectivity index (χ1n) is 6.54. The molecule has 1 aromatic rings. The topological polar surface area (TPSA) is 35.2 Å². The highest BCUT2D eigenvalue weighted by Crippen LogP contribution is 2.24. The van der Waals surface area contributed by atoms with Crippen LogP contribution < -0.4 is 5.73 Å². The van der Waals surface area contributed by atoms with Crippen LogP contribution in [0.15, 0.2) is 16.8 Å². The van der Waals surface area contributed by atoms with Crippen molar-refractivity contribution in [1.82, 2.24) is 0 Å². The lowest BCUT2D eigenvalue weighted by atomic mass is 10.0. The summed E-state index contributed by atoms with van der Waals surface area (Å²) in [6, 6.07) is 2.22. The van der Waals surface area contributed by atoms with Gasteiger partial charge in [0.25, 0.3) is 0 Å². The Kier molecular flexibility index (Phi) is 6.78. The van der Waals surface area contributed by atoms with Crippen molar-refractivity contribution in [2.45, 2.75) is 52.2 Å². The Hall–Kier alpha value is -0.380. The quantitative estimate of drug-likeness (QED) is 0.713. The fourth-order valence-corrected chi connectivity index (χ4v) is 2.50. The van der Waals surface area contributed by atoms with Crippen LogP contribution in [0.3, 0.4) is 0 Å². The highest BCUT2D eigenvalue weighted by atomic mass is 32.1. The molecular formula is C14H25NOS. The maximum Gasteiger partial charge on any atom is 0.0983 e. The molecule has 1 aromatic heterocycles. The third-order valence-electron chi connectivity index (χ3n) is 2.96. The van der Waals surface area contributed by atoms with Crippen molar-refractivity contribution in [2.75, 3.05) is 6.61 Å². The molecule has 98 valence electrons. The lowest BCUT2D eigenvalue weighted by Crippen LogP contribution is -2.29. The molecule has 0 radical (unpaired) electrons. The zero-order chi connectivity index (χ0) is 12.7. The number of rotatable bonds is 8. The third kappa shape index (κ3) is 5.19. The highest BCUT2D eigenvalue weighted by Gasteiger charge is 2.19. The second-order valence-electron chi connectivity index (χ2n) is 4.96. The van der Waals surface area contributed by atoms with Crippen LogP contribution in [0.2, 0.25) is 0 Å². The predicted molar refractivity (Wildman–Crippen MR) is 75.4 cm³/mol. The number of thiophene rings is 1. The molecule has 0 aliphatic rings. The molecular weight excluding hydrogens is 230 g/mol. The van der Waals surface area contributed by atoms with Gasteiger partial charge in [-0.15, -0.1) is 0 Å². The van der Waals surface area contributed by atoms with Gasteiger partial charge in [-0.3, -0.25) is 0 Å². The fourth-order valence-electron chi connectivity index (χ4n) is 1.82. The smallest absolute Gasteiger partial charge is 0.0983 e. The van der Waals surface area contributed by atoms with Crippen LogP contribution in [-0.2, 0) is 4.74 Å². The van der Waals surface area contributed by atoms with Crippen LogP contribution in [0.25, 0.3) is 0 Å². The summed E-state index contributed by atoms with van der Waals surface area (Å²) in [5, 5.41) is 4.23. The van der Waals surface area contributed by atoms with Crippen molar-refractivity contribution in [2.24, 2.45) is 11.7 Å². The average molecular weight is 255 g/mol. The summed E-state index contributed by atoms with van der Waals surface area (Å²) in [5.74, 6) is 0.748. The molecule has 2 N–H and O–H groups in total. The molecule has 0 aromatic carbocycles. The van der Waals surface area contributed by atoms with E-state index in [1.54, 1.807) is 11.3 Å². The minimum absolute atomic E-state index is 0.0680. The molecule has 3 heteroatoms. The van der Waals surface area contributed by atoms with Crippen molar-refractivity contribution < 1.29 is 4.74 Å². The zero-order valence-electron chi connectivity index (χ0n) is 11.2. The Morgan fingerprint density at radius 2 is 2.18 bits per heavy atom. The monoisotopic (exact) mass is 255 g/mol. The van der Waals surface area contributed by atoms with Crippen molar-refractivity contribution in [3.63, 3.8) is 0 Å². The zero-order valence-corrected chi connectivity index (χ0v) is 12.0. The van der Waals surface area contributed by atoms with E-state index in [2.05, 4.69) is 37.6 Å². The molecule has 0 amide bonds. The maximum absolute atomic E-state index is 6.13. The molecule has 17 heavy (non-hydrogen) atoms. The Bertz CT molecular complexity index is 284. The van der Waals surface area contributed by atoms with E-state index in [-0.39, 0.29) is 12.1 Å². The van der Waals surface area contributed by atoms with E-state index < -0.39 is 0 Å². The van der Waals surface area contributed by atoms with Crippen molar-refractivity contribution in [3.05, 3.63) is 22.4 Å². The van der Waals surface area contributed by atoms with E-state index >= 15 is 0 Å². The minimum atomic E-state index is 0.0680. The molecule has 2 unspecified atom stereocenters. The van der Waals surface area contributed by atoms with Crippen molar-refractivity contribution in [3.8, 4) is 0 Å². The van der Waals surface area contributed by atoms with Gasteiger partial charge in [0, 0.05) is 12.6 Å². The molecule has 1 heterocycles. The molecule has 0 spiro atoms. The molecule has 0 fully saturated rings. The van der Waals surface area contributed by atoms with Gasteiger partial charge >= 0.3 is 0 Å². The molecule has 2 nitrogen and oxygen atoms in total. The van der Waals surface area contributed by atoms with Gasteiger partial charge in [-0.05, 0) is 47.6 Å². The first-order valence-corrected chi connectivity index (χ1v) is 7.48. The van der Waals surface area contributed by atoms with E-state index in [9.17, 15) is 0 Å². The van der Waals surface area contributed by atoms with E-state index in [1.165, 1.54) is 12.0 Å². The fraction of sp³-hybridized carbons (Fsp3) is 0.714. The SMILES string of the molecule is CCC(N)C(OCCCC(C)C)c1ccsc1. The summed E-state index contributed by atoms with van der Waals surface area (Å²) in [6.07, 6.45) is 3.36. The van der Waals surface area contributed by atoms with Gasteiger partial charge in [-0.1, -0.05) is 20.8 Å². The largest absolute Gasteiger partial charge is 0.372 e. The molecule has 2 atom stereocenters. The second kappa shape index (κ2) is 7.85. The summed E-state index contributed by atoms with van der Waals surface area (Å²) in [4.78, 5) is 0. The highest BCUT2D eigenvalue weighted by molar-refractivity contribution is 7.07. The second-order valence-corrected chi connectivity index (χ2v) is 5.74. The van der Waals surface area contributed by atoms with E-state index in [0.717, 1.165) is 25.4 Å². The minimum Gasteiger partial charge on any atom is -0.372 e. The number of hydrogen-bond donors (Lipinski definition) is 1.